The van der Waals surface area contributed by atoms with E-state index in [0.29, 0.717) is 26.4 Å². The first-order valence-electron chi connectivity index (χ1n) is 14.0. The summed E-state index contributed by atoms with van der Waals surface area (Å²) in [7, 11) is 0. The van der Waals surface area contributed by atoms with Crippen LogP contribution in [0.4, 0.5) is 0 Å². The molecule has 39 heavy (non-hydrogen) atoms. The summed E-state index contributed by atoms with van der Waals surface area (Å²) in [6.45, 7) is 9.59. The normalized spacial score (nSPS) is 13.5. The smallest absolute Gasteiger partial charge is 0.131 e. The van der Waals surface area contributed by atoms with Gasteiger partial charge in [-0.25, -0.2) is 0 Å². The van der Waals surface area contributed by atoms with E-state index in [2.05, 4.69) is 66.9 Å². The van der Waals surface area contributed by atoms with Gasteiger partial charge >= 0.3 is 0 Å². The molecule has 0 fully saturated rings. The summed E-state index contributed by atoms with van der Waals surface area (Å²) >= 11 is 0. The number of rotatable bonds is 11. The topological polar surface area (TPSA) is 45.0 Å². The average Bonchev–Trinajstić information content (AvgIpc) is 2.99. The largest absolute Gasteiger partial charge is 0.489 e. The van der Waals surface area contributed by atoms with Gasteiger partial charge in [0.25, 0.3) is 0 Å². The third-order valence-corrected chi connectivity index (χ3v) is 7.27. The molecule has 1 unspecified atom stereocenters. The molecule has 0 N–H and O–H groups in total. The second-order valence-corrected chi connectivity index (χ2v) is 9.94. The van der Waals surface area contributed by atoms with Gasteiger partial charge in [0.2, 0.25) is 0 Å². The van der Waals surface area contributed by atoms with Crippen LogP contribution in [0.2, 0.25) is 0 Å². The van der Waals surface area contributed by atoms with Crippen molar-refractivity contribution >= 4 is 0 Å². The predicted octanol–water partition coefficient (Wildman–Crippen LogP) is 6.89. The summed E-state index contributed by atoms with van der Waals surface area (Å²) < 4.78 is 20.8. The highest BCUT2D eigenvalue weighted by molar-refractivity contribution is 5.71. The predicted molar refractivity (Wildman–Crippen MR) is 156 cm³/mol. The molecule has 0 amide bonds. The SMILES string of the molecule is CCOC(CC)CN=c1cc(OCc2ccccc2)c(C)c2n1CCc1cc(OCc3ccccc3)ccc1-2. The Labute approximate surface area is 231 Å². The summed E-state index contributed by atoms with van der Waals surface area (Å²) in [5.74, 6) is 1.76. The van der Waals surface area contributed by atoms with Crippen molar-refractivity contribution in [2.24, 2.45) is 4.99 Å². The lowest BCUT2D eigenvalue weighted by Gasteiger charge is -2.27. The van der Waals surface area contributed by atoms with Gasteiger partial charge in [-0.05, 0) is 61.6 Å². The molecule has 5 heteroatoms. The minimum absolute atomic E-state index is 0.112. The molecular formula is C34H38N2O3. The van der Waals surface area contributed by atoms with Crippen molar-refractivity contribution in [3.8, 4) is 22.8 Å². The van der Waals surface area contributed by atoms with Crippen LogP contribution in [0.15, 0.2) is 89.9 Å². The maximum absolute atomic E-state index is 6.41. The van der Waals surface area contributed by atoms with E-state index in [9.17, 15) is 0 Å². The van der Waals surface area contributed by atoms with Gasteiger partial charge in [0.15, 0.2) is 0 Å². The molecule has 202 valence electrons. The maximum Gasteiger partial charge on any atom is 0.131 e. The highest BCUT2D eigenvalue weighted by Crippen LogP contribution is 2.36. The Balaban J connectivity index is 1.49. The minimum Gasteiger partial charge on any atom is -0.489 e. The van der Waals surface area contributed by atoms with E-state index >= 15 is 0 Å². The fourth-order valence-electron chi connectivity index (χ4n) is 5.13. The Bertz CT molecular complexity index is 1450. The highest BCUT2D eigenvalue weighted by Gasteiger charge is 2.22. The van der Waals surface area contributed by atoms with Crippen molar-refractivity contribution in [1.82, 2.24) is 4.57 Å². The molecule has 1 aliphatic heterocycles. The number of ether oxygens (including phenoxy) is 3. The van der Waals surface area contributed by atoms with E-state index in [4.69, 9.17) is 19.2 Å². The summed E-state index contributed by atoms with van der Waals surface area (Å²) in [5, 5.41) is 0. The Morgan fingerprint density at radius 2 is 1.54 bits per heavy atom. The molecule has 0 aliphatic carbocycles. The molecule has 1 atom stereocenters. The summed E-state index contributed by atoms with van der Waals surface area (Å²) in [6.07, 6.45) is 1.97. The second-order valence-electron chi connectivity index (χ2n) is 9.94. The van der Waals surface area contributed by atoms with Crippen LogP contribution in [0, 0.1) is 6.92 Å². The number of fused-ring (bicyclic) bond motifs is 3. The second kappa shape index (κ2) is 12.8. The lowest BCUT2D eigenvalue weighted by molar-refractivity contribution is 0.0662. The van der Waals surface area contributed by atoms with Crippen molar-refractivity contribution in [2.75, 3.05) is 13.2 Å². The standard InChI is InChI=1S/C34H38N2O3/c1-4-29(37-5-2)22-35-33-21-32(39-24-27-14-10-7-11-15-27)25(3)34-31-17-16-30(20-28(31)18-19-36(33)34)38-23-26-12-8-6-9-13-26/h6-17,20-21,29H,4-5,18-19,22-24H2,1-3H3. The molecule has 4 aromatic rings. The number of aromatic nitrogens is 1. The van der Waals surface area contributed by atoms with Gasteiger partial charge in [-0.1, -0.05) is 67.6 Å². The lowest BCUT2D eigenvalue weighted by atomic mass is 9.94. The Morgan fingerprint density at radius 1 is 0.846 bits per heavy atom. The first kappa shape index (κ1) is 26.8. The van der Waals surface area contributed by atoms with Crippen LogP contribution in [0.1, 0.15) is 42.5 Å². The van der Waals surface area contributed by atoms with Crippen molar-refractivity contribution in [1.29, 1.82) is 0 Å². The third kappa shape index (κ3) is 6.43. The van der Waals surface area contributed by atoms with Gasteiger partial charge in [0.05, 0.1) is 18.3 Å². The number of hydrogen-bond acceptors (Lipinski definition) is 4. The number of pyridine rings is 1. The molecule has 0 radical (unpaired) electrons. The van der Waals surface area contributed by atoms with Crippen LogP contribution in [0.25, 0.3) is 11.3 Å². The zero-order chi connectivity index (χ0) is 27.0. The van der Waals surface area contributed by atoms with Gasteiger partial charge in [-0.3, -0.25) is 4.99 Å². The molecule has 2 heterocycles. The van der Waals surface area contributed by atoms with Crippen molar-refractivity contribution in [2.45, 2.75) is 59.5 Å². The van der Waals surface area contributed by atoms with Crippen LogP contribution in [0.3, 0.4) is 0 Å². The van der Waals surface area contributed by atoms with Crippen LogP contribution in [0.5, 0.6) is 11.5 Å². The van der Waals surface area contributed by atoms with Gasteiger partial charge in [-0.15, -0.1) is 0 Å². The molecule has 0 spiro atoms. The zero-order valence-corrected chi connectivity index (χ0v) is 23.2. The summed E-state index contributed by atoms with van der Waals surface area (Å²) in [4.78, 5) is 5.05. The summed E-state index contributed by atoms with van der Waals surface area (Å²) in [5.41, 5.74) is 8.03. The monoisotopic (exact) mass is 522 g/mol. The number of aryl methyl sites for hydroxylation is 1. The molecule has 0 bridgehead atoms. The van der Waals surface area contributed by atoms with Gasteiger partial charge in [-0.2, -0.15) is 0 Å². The Morgan fingerprint density at radius 3 is 2.21 bits per heavy atom. The average molecular weight is 523 g/mol. The van der Waals surface area contributed by atoms with Gasteiger partial charge in [0.1, 0.15) is 30.2 Å². The fraction of sp³-hybridized carbons (Fsp3) is 0.324. The fourth-order valence-corrected chi connectivity index (χ4v) is 5.13. The summed E-state index contributed by atoms with van der Waals surface area (Å²) in [6, 6.07) is 29.1. The van der Waals surface area contributed by atoms with E-state index in [1.807, 2.05) is 43.3 Å². The van der Waals surface area contributed by atoms with Gasteiger partial charge in [0, 0.05) is 30.3 Å². The molecule has 3 aromatic carbocycles. The van der Waals surface area contributed by atoms with Gasteiger partial charge < -0.3 is 18.8 Å². The quantitative estimate of drug-likeness (QED) is 0.215. The van der Waals surface area contributed by atoms with Crippen LogP contribution >= 0.6 is 0 Å². The highest BCUT2D eigenvalue weighted by atomic mass is 16.5. The van der Waals surface area contributed by atoms with E-state index in [0.717, 1.165) is 53.1 Å². The van der Waals surface area contributed by atoms with E-state index in [1.54, 1.807) is 0 Å². The van der Waals surface area contributed by atoms with Crippen LogP contribution in [-0.4, -0.2) is 23.8 Å². The van der Waals surface area contributed by atoms with E-state index < -0.39 is 0 Å². The zero-order valence-electron chi connectivity index (χ0n) is 23.2. The van der Waals surface area contributed by atoms with Crippen molar-refractivity contribution in [3.63, 3.8) is 0 Å². The molecular weight excluding hydrogens is 484 g/mol. The van der Waals surface area contributed by atoms with E-state index in [1.165, 1.54) is 16.8 Å². The number of hydrogen-bond donors (Lipinski definition) is 0. The first-order chi connectivity index (χ1) is 19.2. The minimum atomic E-state index is 0.112. The molecule has 0 saturated heterocycles. The Hall–Kier alpha value is -3.83. The third-order valence-electron chi connectivity index (χ3n) is 7.27. The maximum atomic E-state index is 6.41. The Kier molecular flexibility index (Phi) is 8.79. The number of nitrogens with zero attached hydrogens (tertiary/aromatic N) is 2. The van der Waals surface area contributed by atoms with Crippen molar-refractivity contribution < 1.29 is 14.2 Å². The van der Waals surface area contributed by atoms with E-state index in [-0.39, 0.29) is 6.10 Å². The first-order valence-corrected chi connectivity index (χ1v) is 14.0. The molecule has 1 aliphatic rings. The molecule has 0 saturated carbocycles. The van der Waals surface area contributed by atoms with Crippen LogP contribution in [-0.2, 0) is 30.9 Å². The number of benzene rings is 3. The molecule has 1 aromatic heterocycles. The lowest BCUT2D eigenvalue weighted by Crippen LogP contribution is -2.29. The van der Waals surface area contributed by atoms with Crippen LogP contribution < -0.4 is 15.0 Å². The molecule has 5 nitrogen and oxygen atoms in total. The molecule has 5 rings (SSSR count). The van der Waals surface area contributed by atoms with Crippen molar-refractivity contribution in [3.05, 3.63) is 113 Å².